The summed E-state index contributed by atoms with van der Waals surface area (Å²) < 4.78 is 11.2. The SMILES string of the molecule is CC(C)c1cccc(CCCC(=O)OC(C)(C)C)c1NC(=O)OCC1c2ccccc2-c2ccccc21. The highest BCUT2D eigenvalue weighted by Crippen LogP contribution is 2.44. The topological polar surface area (TPSA) is 64.6 Å². The first-order valence-corrected chi connectivity index (χ1v) is 13.1. The summed E-state index contributed by atoms with van der Waals surface area (Å²) in [6.07, 6.45) is 1.14. The molecule has 1 amide bonds. The zero-order valence-electron chi connectivity index (χ0n) is 22.5. The Morgan fingerprint density at radius 1 is 0.892 bits per heavy atom. The van der Waals surface area contributed by atoms with Crippen LogP contribution in [-0.2, 0) is 20.7 Å². The lowest BCUT2D eigenvalue weighted by atomic mass is 9.95. The van der Waals surface area contributed by atoms with Gasteiger partial charge in [-0.15, -0.1) is 0 Å². The maximum Gasteiger partial charge on any atom is 0.411 e. The van der Waals surface area contributed by atoms with Crippen LogP contribution in [0.4, 0.5) is 10.5 Å². The average Bonchev–Trinajstić information content (AvgIpc) is 3.16. The van der Waals surface area contributed by atoms with Crippen LogP contribution in [0.15, 0.2) is 66.7 Å². The van der Waals surface area contributed by atoms with Crippen molar-refractivity contribution in [2.24, 2.45) is 0 Å². The molecular formula is C32H37NO4. The van der Waals surface area contributed by atoms with Crippen LogP contribution < -0.4 is 5.32 Å². The van der Waals surface area contributed by atoms with Gasteiger partial charge in [0.2, 0.25) is 0 Å². The monoisotopic (exact) mass is 499 g/mol. The van der Waals surface area contributed by atoms with Crippen molar-refractivity contribution < 1.29 is 19.1 Å². The van der Waals surface area contributed by atoms with Gasteiger partial charge in [-0.2, -0.15) is 0 Å². The fraction of sp³-hybridized carbons (Fsp3) is 0.375. The van der Waals surface area contributed by atoms with Crippen molar-refractivity contribution in [2.75, 3.05) is 11.9 Å². The van der Waals surface area contributed by atoms with Gasteiger partial charge in [-0.1, -0.05) is 80.6 Å². The van der Waals surface area contributed by atoms with E-state index in [1.165, 1.54) is 22.3 Å². The van der Waals surface area contributed by atoms with E-state index in [9.17, 15) is 9.59 Å². The second-order valence-corrected chi connectivity index (χ2v) is 10.9. The quantitative estimate of drug-likeness (QED) is 0.321. The number of esters is 1. The van der Waals surface area contributed by atoms with Crippen molar-refractivity contribution in [3.63, 3.8) is 0 Å². The summed E-state index contributed by atoms with van der Waals surface area (Å²) in [5.41, 5.74) is 7.08. The molecule has 194 valence electrons. The van der Waals surface area contributed by atoms with Gasteiger partial charge in [0.25, 0.3) is 0 Å². The molecule has 3 aromatic rings. The molecule has 0 saturated carbocycles. The van der Waals surface area contributed by atoms with Crippen LogP contribution in [0.5, 0.6) is 0 Å². The van der Waals surface area contributed by atoms with Gasteiger partial charge in [0, 0.05) is 12.3 Å². The summed E-state index contributed by atoms with van der Waals surface area (Å²) in [5, 5.41) is 3.03. The summed E-state index contributed by atoms with van der Waals surface area (Å²) >= 11 is 0. The molecule has 1 N–H and O–H groups in total. The molecule has 0 spiro atoms. The van der Waals surface area contributed by atoms with Gasteiger partial charge in [-0.3, -0.25) is 10.1 Å². The Kier molecular flexibility index (Phi) is 8.01. The predicted molar refractivity (Wildman–Crippen MR) is 148 cm³/mol. The molecule has 0 aliphatic heterocycles. The molecule has 1 aliphatic carbocycles. The largest absolute Gasteiger partial charge is 0.460 e. The van der Waals surface area contributed by atoms with Gasteiger partial charge in [-0.05, 0) is 72.9 Å². The fourth-order valence-electron chi connectivity index (χ4n) is 5.01. The molecule has 0 heterocycles. The molecule has 5 heteroatoms. The Labute approximate surface area is 220 Å². The van der Waals surface area contributed by atoms with Crippen molar-refractivity contribution >= 4 is 17.7 Å². The number of para-hydroxylation sites is 1. The molecule has 5 nitrogen and oxygen atoms in total. The number of anilines is 1. The summed E-state index contributed by atoms with van der Waals surface area (Å²) in [7, 11) is 0. The molecular weight excluding hydrogens is 462 g/mol. The second kappa shape index (κ2) is 11.2. The zero-order valence-corrected chi connectivity index (χ0v) is 22.5. The lowest BCUT2D eigenvalue weighted by Crippen LogP contribution is -2.23. The van der Waals surface area contributed by atoms with E-state index < -0.39 is 11.7 Å². The van der Waals surface area contributed by atoms with Gasteiger partial charge in [0.15, 0.2) is 0 Å². The number of hydrogen-bond acceptors (Lipinski definition) is 4. The van der Waals surface area contributed by atoms with Crippen LogP contribution >= 0.6 is 0 Å². The molecule has 0 bridgehead atoms. The van der Waals surface area contributed by atoms with E-state index in [0.717, 1.165) is 16.8 Å². The van der Waals surface area contributed by atoms with E-state index in [0.29, 0.717) is 19.3 Å². The summed E-state index contributed by atoms with van der Waals surface area (Å²) in [4.78, 5) is 25.2. The molecule has 1 aliphatic rings. The van der Waals surface area contributed by atoms with Crippen molar-refractivity contribution in [1.82, 2.24) is 0 Å². The third kappa shape index (κ3) is 6.40. The second-order valence-electron chi connectivity index (χ2n) is 10.9. The minimum Gasteiger partial charge on any atom is -0.460 e. The number of amides is 1. The number of rotatable bonds is 8. The molecule has 0 fully saturated rings. The van der Waals surface area contributed by atoms with Crippen molar-refractivity contribution in [2.45, 2.75) is 71.3 Å². The zero-order chi connectivity index (χ0) is 26.6. The Balaban J connectivity index is 1.45. The first-order chi connectivity index (χ1) is 17.6. The third-order valence-corrected chi connectivity index (χ3v) is 6.62. The number of ether oxygens (including phenoxy) is 2. The van der Waals surface area contributed by atoms with Crippen LogP contribution in [0, 0.1) is 0 Å². The molecule has 0 radical (unpaired) electrons. The molecule has 0 atom stereocenters. The Morgan fingerprint density at radius 2 is 1.51 bits per heavy atom. The Hall–Kier alpha value is -3.60. The molecule has 4 rings (SSSR count). The van der Waals surface area contributed by atoms with E-state index in [1.807, 2.05) is 63.2 Å². The highest BCUT2D eigenvalue weighted by atomic mass is 16.6. The van der Waals surface area contributed by atoms with Crippen LogP contribution in [0.1, 0.15) is 81.5 Å². The van der Waals surface area contributed by atoms with E-state index in [4.69, 9.17) is 9.47 Å². The number of carbonyl (C=O) groups excluding carboxylic acids is 2. The molecule has 0 saturated heterocycles. The van der Waals surface area contributed by atoms with Gasteiger partial charge >= 0.3 is 12.1 Å². The maximum atomic E-state index is 13.1. The van der Waals surface area contributed by atoms with Crippen LogP contribution in [0.3, 0.4) is 0 Å². The Bertz CT molecular complexity index is 1230. The average molecular weight is 500 g/mol. The minimum absolute atomic E-state index is 0.00629. The summed E-state index contributed by atoms with van der Waals surface area (Å²) in [5.74, 6) is 0.0139. The van der Waals surface area contributed by atoms with Crippen LogP contribution in [0.2, 0.25) is 0 Å². The third-order valence-electron chi connectivity index (χ3n) is 6.62. The first kappa shape index (κ1) is 26.5. The molecule has 3 aromatic carbocycles. The van der Waals surface area contributed by atoms with Gasteiger partial charge in [0.05, 0.1) is 5.69 Å². The lowest BCUT2D eigenvalue weighted by molar-refractivity contribution is -0.154. The molecule has 37 heavy (non-hydrogen) atoms. The standard InChI is InChI=1S/C32H37NO4/c1-21(2)23-18-10-12-22(13-11-19-29(34)37-32(3,4)5)30(23)33-31(35)36-20-28-26-16-8-6-14-24(26)25-15-7-9-17-27(25)28/h6-10,12,14-18,21,28H,11,13,19-20H2,1-5H3,(H,33,35). The van der Waals surface area contributed by atoms with Crippen LogP contribution in [-0.4, -0.2) is 24.3 Å². The number of nitrogens with one attached hydrogen (secondary N) is 1. The number of carbonyl (C=O) groups is 2. The van der Waals surface area contributed by atoms with Crippen molar-refractivity contribution in [3.8, 4) is 11.1 Å². The molecule has 0 aromatic heterocycles. The summed E-state index contributed by atoms with van der Waals surface area (Å²) in [6, 6.07) is 22.6. The normalized spacial score (nSPS) is 12.7. The van der Waals surface area contributed by atoms with Gasteiger partial charge in [0.1, 0.15) is 12.2 Å². The summed E-state index contributed by atoms with van der Waals surface area (Å²) in [6.45, 7) is 10.1. The highest BCUT2D eigenvalue weighted by Gasteiger charge is 2.29. The number of aryl methyl sites for hydroxylation is 1. The maximum absolute atomic E-state index is 13.1. The first-order valence-electron chi connectivity index (χ1n) is 13.1. The molecule has 0 unspecified atom stereocenters. The lowest BCUT2D eigenvalue weighted by Gasteiger charge is -2.20. The van der Waals surface area contributed by atoms with Crippen molar-refractivity contribution in [1.29, 1.82) is 0 Å². The van der Waals surface area contributed by atoms with E-state index >= 15 is 0 Å². The van der Waals surface area contributed by atoms with Gasteiger partial charge in [-0.25, -0.2) is 4.79 Å². The van der Waals surface area contributed by atoms with Crippen molar-refractivity contribution in [3.05, 3.63) is 89.0 Å². The van der Waals surface area contributed by atoms with E-state index in [2.05, 4.69) is 43.4 Å². The smallest absolute Gasteiger partial charge is 0.411 e. The van der Waals surface area contributed by atoms with E-state index in [1.54, 1.807) is 0 Å². The predicted octanol–water partition coefficient (Wildman–Crippen LogP) is 7.84. The number of benzene rings is 3. The number of hydrogen-bond donors (Lipinski definition) is 1. The number of fused-ring (bicyclic) bond motifs is 3. The minimum atomic E-state index is -0.495. The van der Waals surface area contributed by atoms with Crippen LogP contribution in [0.25, 0.3) is 11.1 Å². The highest BCUT2D eigenvalue weighted by molar-refractivity contribution is 5.87. The van der Waals surface area contributed by atoms with Gasteiger partial charge < -0.3 is 9.47 Å². The fourth-order valence-corrected chi connectivity index (χ4v) is 5.01. The Morgan fingerprint density at radius 3 is 2.11 bits per heavy atom. The van der Waals surface area contributed by atoms with E-state index in [-0.39, 0.29) is 24.4 Å².